The van der Waals surface area contributed by atoms with E-state index in [4.69, 9.17) is 4.74 Å². The number of guanidine groups is 1. The quantitative estimate of drug-likeness (QED) is 0.612. The highest BCUT2D eigenvalue weighted by Gasteiger charge is 2.25. The number of hydrogen-bond donors (Lipinski definition) is 2. The third kappa shape index (κ3) is 4.18. The van der Waals surface area contributed by atoms with Crippen LogP contribution < -0.4 is 20.3 Å². The van der Waals surface area contributed by atoms with Crippen molar-refractivity contribution in [2.24, 2.45) is 4.99 Å². The summed E-state index contributed by atoms with van der Waals surface area (Å²) < 4.78 is 19.5. The van der Waals surface area contributed by atoms with Gasteiger partial charge in [0.15, 0.2) is 17.6 Å². The Morgan fingerprint density at radius 3 is 3.18 bits per heavy atom. The van der Waals surface area contributed by atoms with Gasteiger partial charge in [-0.15, -0.1) is 0 Å². The van der Waals surface area contributed by atoms with Crippen molar-refractivity contribution in [1.29, 1.82) is 0 Å². The van der Waals surface area contributed by atoms with E-state index in [-0.39, 0.29) is 11.9 Å². The van der Waals surface area contributed by atoms with E-state index in [2.05, 4.69) is 38.8 Å². The summed E-state index contributed by atoms with van der Waals surface area (Å²) in [5, 5.41) is 6.82. The minimum absolute atomic E-state index is 0.213. The molecule has 1 aromatic carbocycles. The molecule has 4 rings (SSSR count). The Hall–Kier alpha value is -2.83. The Labute approximate surface area is 164 Å². The molecule has 3 heterocycles. The smallest absolute Gasteiger partial charge is 0.191 e. The van der Waals surface area contributed by atoms with Crippen LogP contribution in [0.4, 0.5) is 10.2 Å². The normalized spacial score (nSPS) is 18.7. The molecule has 28 heavy (non-hydrogen) atoms. The van der Waals surface area contributed by atoms with Crippen molar-refractivity contribution in [1.82, 2.24) is 15.6 Å². The number of ether oxygens (including phenoxy) is 1. The number of benzene rings is 1. The minimum atomic E-state index is -0.273. The predicted molar refractivity (Wildman–Crippen MR) is 109 cm³/mol. The Bertz CT molecular complexity index is 856. The number of fused-ring (bicyclic) bond motifs is 1. The van der Waals surface area contributed by atoms with Crippen LogP contribution >= 0.6 is 0 Å². The zero-order chi connectivity index (χ0) is 19.3. The molecule has 2 aliphatic heterocycles. The first kappa shape index (κ1) is 18.5. The lowest BCUT2D eigenvalue weighted by atomic mass is 10.1. The second-order valence-corrected chi connectivity index (χ2v) is 7.17. The van der Waals surface area contributed by atoms with Crippen LogP contribution in [0.1, 0.15) is 17.5 Å². The highest BCUT2D eigenvalue weighted by Crippen LogP contribution is 2.26. The summed E-state index contributed by atoms with van der Waals surface area (Å²) in [6.45, 7) is 3.07. The Kier molecular flexibility index (Phi) is 5.60. The zero-order valence-electron chi connectivity index (χ0n) is 16.1. The molecule has 2 aliphatic rings. The van der Waals surface area contributed by atoms with Gasteiger partial charge in [0.1, 0.15) is 5.75 Å². The van der Waals surface area contributed by atoms with Gasteiger partial charge in [-0.1, -0.05) is 12.1 Å². The average Bonchev–Trinajstić information content (AvgIpc) is 3.36. The maximum absolute atomic E-state index is 13.9. The van der Waals surface area contributed by atoms with E-state index >= 15 is 0 Å². The number of aromatic nitrogens is 1. The van der Waals surface area contributed by atoms with Crippen molar-refractivity contribution < 1.29 is 9.13 Å². The van der Waals surface area contributed by atoms with Gasteiger partial charge in [-0.25, -0.2) is 9.37 Å². The number of anilines is 1. The molecule has 0 amide bonds. The number of nitrogens with zero attached hydrogens (tertiary/aromatic N) is 3. The van der Waals surface area contributed by atoms with Gasteiger partial charge < -0.3 is 20.3 Å². The standard InChI is InChI=1S/C21H26FN5O/c1-23-21(25-10-6-15-4-5-19-16(13-15)8-12-28-19)26-17-7-11-27(14-17)20-18(22)3-2-9-24-20/h2-5,9,13,17H,6-8,10-12,14H2,1H3,(H2,23,25,26). The summed E-state index contributed by atoms with van der Waals surface area (Å²) in [7, 11) is 1.77. The van der Waals surface area contributed by atoms with Gasteiger partial charge in [-0.3, -0.25) is 4.99 Å². The summed E-state index contributed by atoms with van der Waals surface area (Å²) >= 11 is 0. The Morgan fingerprint density at radius 2 is 2.32 bits per heavy atom. The first-order chi connectivity index (χ1) is 13.7. The van der Waals surface area contributed by atoms with Crippen molar-refractivity contribution in [3.8, 4) is 5.75 Å². The molecular weight excluding hydrogens is 357 g/mol. The van der Waals surface area contributed by atoms with Crippen molar-refractivity contribution in [3.05, 3.63) is 53.5 Å². The molecule has 1 atom stereocenters. The summed E-state index contributed by atoms with van der Waals surface area (Å²) in [4.78, 5) is 10.5. The molecule has 7 heteroatoms. The van der Waals surface area contributed by atoms with E-state index in [9.17, 15) is 4.39 Å². The van der Waals surface area contributed by atoms with Gasteiger partial charge in [0, 0.05) is 45.3 Å². The van der Waals surface area contributed by atoms with Crippen molar-refractivity contribution in [2.75, 3.05) is 38.2 Å². The van der Waals surface area contributed by atoms with Crippen LogP contribution in [0.3, 0.4) is 0 Å². The van der Waals surface area contributed by atoms with Gasteiger partial charge in [-0.2, -0.15) is 0 Å². The molecule has 1 saturated heterocycles. The molecule has 2 N–H and O–H groups in total. The largest absolute Gasteiger partial charge is 0.493 e. The highest BCUT2D eigenvalue weighted by molar-refractivity contribution is 5.80. The molecule has 0 saturated carbocycles. The SMILES string of the molecule is CN=C(NCCc1ccc2c(c1)CCO2)NC1CCN(c2ncccc2F)C1. The fraction of sp³-hybridized carbons (Fsp3) is 0.429. The summed E-state index contributed by atoms with van der Waals surface area (Å²) in [5.41, 5.74) is 2.60. The van der Waals surface area contributed by atoms with Crippen molar-refractivity contribution in [3.63, 3.8) is 0 Å². The molecule has 148 valence electrons. The molecule has 6 nitrogen and oxygen atoms in total. The third-order valence-electron chi connectivity index (χ3n) is 5.25. The van der Waals surface area contributed by atoms with Crippen molar-refractivity contribution in [2.45, 2.75) is 25.3 Å². The second-order valence-electron chi connectivity index (χ2n) is 7.17. The van der Waals surface area contributed by atoms with Gasteiger partial charge in [-0.05, 0) is 42.2 Å². The third-order valence-corrected chi connectivity index (χ3v) is 5.25. The number of nitrogens with one attached hydrogen (secondary N) is 2. The maximum atomic E-state index is 13.9. The van der Waals surface area contributed by atoms with Crippen LogP contribution in [0.5, 0.6) is 5.75 Å². The van der Waals surface area contributed by atoms with Gasteiger partial charge in [0.2, 0.25) is 0 Å². The fourth-order valence-corrected chi connectivity index (χ4v) is 3.79. The maximum Gasteiger partial charge on any atom is 0.191 e. The zero-order valence-corrected chi connectivity index (χ0v) is 16.1. The van der Waals surface area contributed by atoms with Gasteiger partial charge >= 0.3 is 0 Å². The van der Waals surface area contributed by atoms with Crippen LogP contribution in [0.2, 0.25) is 0 Å². The monoisotopic (exact) mass is 383 g/mol. The lowest BCUT2D eigenvalue weighted by Gasteiger charge is -2.20. The molecule has 1 aromatic heterocycles. The number of hydrogen-bond acceptors (Lipinski definition) is 4. The van der Waals surface area contributed by atoms with Crippen LogP contribution in [0.25, 0.3) is 0 Å². The molecule has 1 fully saturated rings. The molecule has 0 radical (unpaired) electrons. The minimum Gasteiger partial charge on any atom is -0.493 e. The fourth-order valence-electron chi connectivity index (χ4n) is 3.79. The van der Waals surface area contributed by atoms with E-state index in [1.807, 2.05) is 4.90 Å². The van der Waals surface area contributed by atoms with E-state index < -0.39 is 0 Å². The molecule has 0 aliphatic carbocycles. The molecular formula is C21H26FN5O. The predicted octanol–water partition coefficient (Wildman–Crippen LogP) is 2.14. The lowest BCUT2D eigenvalue weighted by Crippen LogP contribution is -2.45. The molecule has 0 bridgehead atoms. The van der Waals surface area contributed by atoms with Crippen LogP contribution in [0.15, 0.2) is 41.5 Å². The molecule has 2 aromatic rings. The topological polar surface area (TPSA) is 61.8 Å². The first-order valence-electron chi connectivity index (χ1n) is 9.80. The number of aliphatic imine (C=N–C) groups is 1. The molecule has 0 spiro atoms. The van der Waals surface area contributed by atoms with Crippen molar-refractivity contribution >= 4 is 11.8 Å². The Balaban J connectivity index is 1.26. The van der Waals surface area contributed by atoms with E-state index in [1.54, 1.807) is 19.3 Å². The van der Waals surface area contributed by atoms with E-state index in [0.29, 0.717) is 12.4 Å². The summed E-state index contributed by atoms with van der Waals surface area (Å²) in [6.07, 6.45) is 4.46. The van der Waals surface area contributed by atoms with Crippen LogP contribution in [-0.2, 0) is 12.8 Å². The number of halogens is 1. The van der Waals surface area contributed by atoms with Crippen LogP contribution in [0, 0.1) is 5.82 Å². The Morgan fingerprint density at radius 1 is 1.39 bits per heavy atom. The van der Waals surface area contributed by atoms with E-state index in [1.165, 1.54) is 17.2 Å². The average molecular weight is 383 g/mol. The van der Waals surface area contributed by atoms with Gasteiger partial charge in [0.25, 0.3) is 0 Å². The number of pyridine rings is 1. The van der Waals surface area contributed by atoms with E-state index in [0.717, 1.165) is 50.7 Å². The highest BCUT2D eigenvalue weighted by atomic mass is 19.1. The number of rotatable bonds is 5. The summed E-state index contributed by atoms with van der Waals surface area (Å²) in [6, 6.07) is 9.70. The van der Waals surface area contributed by atoms with Crippen LogP contribution in [-0.4, -0.2) is 50.3 Å². The first-order valence-corrected chi connectivity index (χ1v) is 9.80. The lowest BCUT2D eigenvalue weighted by molar-refractivity contribution is 0.357. The van der Waals surface area contributed by atoms with Gasteiger partial charge in [0.05, 0.1) is 6.61 Å². The second kappa shape index (κ2) is 8.46. The summed E-state index contributed by atoms with van der Waals surface area (Å²) in [5.74, 6) is 1.95. The molecule has 1 unspecified atom stereocenters.